The maximum Gasteiger partial charge on any atom is 0.318 e. The summed E-state index contributed by atoms with van der Waals surface area (Å²) in [5.41, 5.74) is 1.89. The first-order valence-electron chi connectivity index (χ1n) is 8.49. The van der Waals surface area contributed by atoms with Crippen molar-refractivity contribution >= 4 is 45.3 Å². The van der Waals surface area contributed by atoms with Crippen LogP contribution < -0.4 is 9.80 Å². The number of carbonyl (C=O) groups is 2. The summed E-state index contributed by atoms with van der Waals surface area (Å²) in [6.07, 6.45) is 0. The van der Waals surface area contributed by atoms with Gasteiger partial charge in [-0.25, -0.2) is 0 Å². The number of aromatic amines is 2. The Morgan fingerprint density at radius 1 is 0.654 bits per heavy atom. The van der Waals surface area contributed by atoms with Crippen molar-refractivity contribution in [2.45, 2.75) is 0 Å². The van der Waals surface area contributed by atoms with Crippen LogP contribution >= 0.6 is 0 Å². The lowest BCUT2D eigenvalue weighted by molar-refractivity contribution is -0.136. The Morgan fingerprint density at radius 3 is 1.50 bits per heavy atom. The molecule has 26 heavy (non-hydrogen) atoms. The van der Waals surface area contributed by atoms with Gasteiger partial charge in [-0.15, -0.1) is 0 Å². The minimum absolute atomic E-state index is 0.437. The number of piperazine rings is 1. The van der Waals surface area contributed by atoms with Gasteiger partial charge in [-0.1, -0.05) is 36.4 Å². The standard InChI is InChI=1S/C20H16N4O2/c25-19-20(26)24(18-12-14-6-2-4-8-16(14)22-18)10-9-23(19)17-11-13-5-1-3-7-15(13)21-17/h1-8,11-12,21-22H,9-10H2. The van der Waals surface area contributed by atoms with E-state index in [1.54, 1.807) is 0 Å². The van der Waals surface area contributed by atoms with Crippen LogP contribution in [-0.4, -0.2) is 34.9 Å². The number of hydrogen-bond acceptors (Lipinski definition) is 2. The third kappa shape index (κ3) is 2.19. The van der Waals surface area contributed by atoms with Crippen LogP contribution in [0.4, 0.5) is 11.6 Å². The lowest BCUT2D eigenvalue weighted by Gasteiger charge is -2.32. The van der Waals surface area contributed by atoms with Gasteiger partial charge < -0.3 is 9.97 Å². The molecule has 2 aromatic carbocycles. The average Bonchev–Trinajstić information content (AvgIpc) is 3.27. The number of fused-ring (bicyclic) bond motifs is 2. The van der Waals surface area contributed by atoms with Crippen LogP contribution in [0.3, 0.4) is 0 Å². The molecular formula is C20H16N4O2. The summed E-state index contributed by atoms with van der Waals surface area (Å²) in [7, 11) is 0. The molecule has 6 heteroatoms. The minimum atomic E-state index is -0.526. The van der Waals surface area contributed by atoms with E-state index in [2.05, 4.69) is 9.97 Å². The van der Waals surface area contributed by atoms with Gasteiger partial charge in [0, 0.05) is 34.9 Å². The molecule has 2 amide bonds. The molecule has 0 bridgehead atoms. The summed E-state index contributed by atoms with van der Waals surface area (Å²) < 4.78 is 0. The van der Waals surface area contributed by atoms with Gasteiger partial charge in [0.15, 0.2) is 0 Å². The van der Waals surface area contributed by atoms with Crippen molar-refractivity contribution in [3.8, 4) is 0 Å². The van der Waals surface area contributed by atoms with Crippen LogP contribution in [0.5, 0.6) is 0 Å². The molecule has 128 valence electrons. The predicted molar refractivity (Wildman–Crippen MR) is 101 cm³/mol. The number of para-hydroxylation sites is 2. The molecule has 0 aliphatic carbocycles. The van der Waals surface area contributed by atoms with E-state index in [0.29, 0.717) is 24.7 Å². The SMILES string of the molecule is O=C1C(=O)N(c2cc3ccccc3[nH]2)CCN1c1cc2ccccc2[nH]1. The molecule has 1 saturated heterocycles. The van der Waals surface area contributed by atoms with Gasteiger partial charge in [-0.3, -0.25) is 19.4 Å². The molecule has 0 saturated carbocycles. The molecule has 1 aliphatic rings. The third-order valence-electron chi connectivity index (χ3n) is 4.83. The van der Waals surface area contributed by atoms with E-state index >= 15 is 0 Å². The van der Waals surface area contributed by atoms with Crippen LogP contribution in [0, 0.1) is 0 Å². The smallest absolute Gasteiger partial charge is 0.318 e. The number of nitrogens with one attached hydrogen (secondary N) is 2. The van der Waals surface area contributed by atoms with Crippen LogP contribution in [0.1, 0.15) is 0 Å². The quantitative estimate of drug-likeness (QED) is 0.549. The van der Waals surface area contributed by atoms with E-state index in [1.165, 1.54) is 9.80 Å². The van der Waals surface area contributed by atoms with Gasteiger partial charge in [0.05, 0.1) is 0 Å². The highest BCUT2D eigenvalue weighted by Gasteiger charge is 2.35. The monoisotopic (exact) mass is 344 g/mol. The van der Waals surface area contributed by atoms with Gasteiger partial charge in [-0.2, -0.15) is 0 Å². The van der Waals surface area contributed by atoms with E-state index in [4.69, 9.17) is 0 Å². The van der Waals surface area contributed by atoms with Gasteiger partial charge in [-0.05, 0) is 24.3 Å². The summed E-state index contributed by atoms with van der Waals surface area (Å²) in [5.74, 6) is 0.254. The maximum absolute atomic E-state index is 12.7. The van der Waals surface area contributed by atoms with E-state index in [0.717, 1.165) is 21.8 Å². The lowest BCUT2D eigenvalue weighted by Crippen LogP contribution is -2.55. The van der Waals surface area contributed by atoms with Crippen LogP contribution in [0.25, 0.3) is 21.8 Å². The van der Waals surface area contributed by atoms with Crippen molar-refractivity contribution in [1.29, 1.82) is 0 Å². The molecule has 0 unspecified atom stereocenters. The Bertz CT molecular complexity index is 999. The van der Waals surface area contributed by atoms with Crippen LogP contribution in [0.15, 0.2) is 60.7 Å². The van der Waals surface area contributed by atoms with Crippen LogP contribution in [0.2, 0.25) is 0 Å². The number of aromatic nitrogens is 2. The van der Waals surface area contributed by atoms with Crippen molar-refractivity contribution in [3.63, 3.8) is 0 Å². The molecule has 0 spiro atoms. The van der Waals surface area contributed by atoms with E-state index < -0.39 is 11.8 Å². The molecule has 2 aromatic heterocycles. The minimum Gasteiger partial charge on any atom is -0.341 e. The number of carbonyl (C=O) groups excluding carboxylic acids is 2. The first-order chi connectivity index (χ1) is 12.7. The Hall–Kier alpha value is -3.54. The van der Waals surface area contributed by atoms with Crippen LogP contribution in [-0.2, 0) is 9.59 Å². The molecule has 0 radical (unpaired) electrons. The summed E-state index contributed by atoms with van der Waals surface area (Å²) in [5, 5.41) is 2.03. The zero-order chi connectivity index (χ0) is 17.7. The largest absolute Gasteiger partial charge is 0.341 e. The summed E-state index contributed by atoms with van der Waals surface area (Å²) in [6, 6.07) is 19.4. The second-order valence-corrected chi connectivity index (χ2v) is 6.40. The van der Waals surface area contributed by atoms with Gasteiger partial charge in [0.1, 0.15) is 11.6 Å². The first kappa shape index (κ1) is 14.8. The molecule has 3 heterocycles. The maximum atomic E-state index is 12.7. The highest BCUT2D eigenvalue weighted by molar-refractivity contribution is 6.45. The van der Waals surface area contributed by atoms with Crippen molar-refractivity contribution in [2.24, 2.45) is 0 Å². The molecule has 2 N–H and O–H groups in total. The van der Waals surface area contributed by atoms with E-state index in [-0.39, 0.29) is 0 Å². The normalized spacial score (nSPS) is 15.4. The highest BCUT2D eigenvalue weighted by atomic mass is 16.2. The molecule has 4 aromatic rings. The fraction of sp³-hybridized carbons (Fsp3) is 0.100. The third-order valence-corrected chi connectivity index (χ3v) is 4.83. The summed E-state index contributed by atoms with van der Waals surface area (Å²) >= 11 is 0. The zero-order valence-corrected chi connectivity index (χ0v) is 13.9. The average molecular weight is 344 g/mol. The molecule has 1 fully saturated rings. The molecule has 5 rings (SSSR count). The second kappa shape index (κ2) is 5.49. The number of H-pyrrole nitrogens is 2. The molecule has 0 atom stereocenters. The molecule has 1 aliphatic heterocycles. The zero-order valence-electron chi connectivity index (χ0n) is 13.9. The number of amides is 2. The number of benzene rings is 2. The van der Waals surface area contributed by atoms with Crippen molar-refractivity contribution in [3.05, 3.63) is 60.7 Å². The number of anilines is 2. The fourth-order valence-corrected chi connectivity index (χ4v) is 3.50. The Balaban J connectivity index is 1.46. The van der Waals surface area contributed by atoms with Crippen molar-refractivity contribution in [1.82, 2.24) is 9.97 Å². The molecule has 6 nitrogen and oxygen atoms in total. The fourth-order valence-electron chi connectivity index (χ4n) is 3.50. The number of rotatable bonds is 2. The first-order valence-corrected chi connectivity index (χ1v) is 8.49. The lowest BCUT2D eigenvalue weighted by atomic mass is 10.2. The highest BCUT2D eigenvalue weighted by Crippen LogP contribution is 2.26. The summed E-state index contributed by atoms with van der Waals surface area (Å²) in [6.45, 7) is 0.875. The van der Waals surface area contributed by atoms with Gasteiger partial charge in [0.2, 0.25) is 0 Å². The van der Waals surface area contributed by atoms with Crippen molar-refractivity contribution in [2.75, 3.05) is 22.9 Å². The van der Waals surface area contributed by atoms with E-state index in [1.807, 2.05) is 60.7 Å². The Morgan fingerprint density at radius 2 is 1.08 bits per heavy atom. The predicted octanol–water partition coefficient (Wildman–Crippen LogP) is 3.03. The Kier molecular flexibility index (Phi) is 3.12. The van der Waals surface area contributed by atoms with E-state index in [9.17, 15) is 9.59 Å². The Labute approximate surface area is 149 Å². The second-order valence-electron chi connectivity index (χ2n) is 6.40. The van der Waals surface area contributed by atoms with Crippen molar-refractivity contribution < 1.29 is 9.59 Å². The number of hydrogen-bond donors (Lipinski definition) is 2. The number of nitrogens with zero attached hydrogens (tertiary/aromatic N) is 2. The van der Waals surface area contributed by atoms with Gasteiger partial charge in [0.25, 0.3) is 0 Å². The summed E-state index contributed by atoms with van der Waals surface area (Å²) in [4.78, 5) is 34.9. The van der Waals surface area contributed by atoms with Gasteiger partial charge >= 0.3 is 11.8 Å². The topological polar surface area (TPSA) is 72.2 Å². The molecular weight excluding hydrogens is 328 g/mol.